The van der Waals surface area contributed by atoms with Crippen LogP contribution in [0.2, 0.25) is 0 Å². The summed E-state index contributed by atoms with van der Waals surface area (Å²) in [6.45, 7) is 11.5. The standard InChI is InChI=1S/C46H77NO17/c1-20(17-47-23(4)48)7-10-29(49)21(2)33-30(50)16-28-26-9-8-24-15-25(11-13-45(24,5)27(26)12-14-46(28,33)6)62-44-41(64-43-39(57)35(53)31(51)18-59-43)38(56)36(54)32(63-44)19-60-42-40(58)37(55)34(52)22(3)61-42/h20-22,24-28,30-44,50-58H,7-19H2,1-6H3,(H,47,48). The average Bonchev–Trinajstić information content (AvgIpc) is 3.53. The zero-order chi connectivity index (χ0) is 46.6. The number of nitrogens with one attached hydrogen (secondary N) is 1. The number of hydrogen-bond donors (Lipinski definition) is 10. The molecule has 7 rings (SSSR count). The van der Waals surface area contributed by atoms with Crippen LogP contribution in [0, 0.1) is 52.3 Å². The van der Waals surface area contributed by atoms with E-state index < -0.39 is 98.7 Å². The van der Waals surface area contributed by atoms with Crippen molar-refractivity contribution in [3.8, 4) is 0 Å². The van der Waals surface area contributed by atoms with Crippen LogP contribution in [-0.4, -0.2) is 176 Å². The highest BCUT2D eigenvalue weighted by molar-refractivity contribution is 5.81. The van der Waals surface area contributed by atoms with Crippen molar-refractivity contribution in [1.82, 2.24) is 5.32 Å². The molecule has 0 aromatic heterocycles. The van der Waals surface area contributed by atoms with E-state index in [9.17, 15) is 55.5 Å². The number of aliphatic hydroxyl groups is 9. The van der Waals surface area contributed by atoms with Crippen molar-refractivity contribution in [3.63, 3.8) is 0 Å². The minimum atomic E-state index is -1.69. The van der Waals surface area contributed by atoms with Gasteiger partial charge in [-0.25, -0.2) is 0 Å². The number of carbonyl (C=O) groups excluding carboxylic acids is 2. The predicted octanol–water partition coefficient (Wildman–Crippen LogP) is -0.126. The molecule has 0 aromatic carbocycles. The van der Waals surface area contributed by atoms with E-state index in [1.165, 1.54) is 13.8 Å². The van der Waals surface area contributed by atoms with Crippen LogP contribution in [0.5, 0.6) is 0 Å². The summed E-state index contributed by atoms with van der Waals surface area (Å²) in [5.74, 6) is 1.29. The van der Waals surface area contributed by atoms with Crippen LogP contribution < -0.4 is 5.32 Å². The van der Waals surface area contributed by atoms with Gasteiger partial charge in [0.15, 0.2) is 18.9 Å². The van der Waals surface area contributed by atoms with Gasteiger partial charge in [0, 0.05) is 25.8 Å². The van der Waals surface area contributed by atoms with Crippen molar-refractivity contribution in [1.29, 1.82) is 0 Å². The van der Waals surface area contributed by atoms with Gasteiger partial charge >= 0.3 is 0 Å². The molecular weight excluding hydrogens is 838 g/mol. The third kappa shape index (κ3) is 9.86. The number of ether oxygens (including phenoxy) is 6. The van der Waals surface area contributed by atoms with Crippen molar-refractivity contribution in [2.75, 3.05) is 19.8 Å². The molecule has 3 heterocycles. The van der Waals surface area contributed by atoms with E-state index >= 15 is 0 Å². The Morgan fingerprint density at radius 2 is 1.44 bits per heavy atom. The maximum absolute atomic E-state index is 13.7. The second-order valence-corrected chi connectivity index (χ2v) is 21.3. The second kappa shape index (κ2) is 20.2. The maximum Gasteiger partial charge on any atom is 0.216 e. The first kappa shape index (κ1) is 50.4. The lowest BCUT2D eigenvalue weighted by Gasteiger charge is -2.61. The van der Waals surface area contributed by atoms with Gasteiger partial charge in [0.1, 0.15) is 66.8 Å². The summed E-state index contributed by atoms with van der Waals surface area (Å²) in [6, 6.07) is 0. The monoisotopic (exact) mass is 916 g/mol. The van der Waals surface area contributed by atoms with Crippen LogP contribution in [-0.2, 0) is 38.0 Å². The highest BCUT2D eigenvalue weighted by Crippen LogP contribution is 2.68. The predicted molar refractivity (Wildman–Crippen MR) is 224 cm³/mol. The van der Waals surface area contributed by atoms with Crippen LogP contribution >= 0.6 is 0 Å². The van der Waals surface area contributed by atoms with Gasteiger partial charge in [0.2, 0.25) is 5.91 Å². The fourth-order valence-electron chi connectivity index (χ4n) is 13.4. The third-order valence-corrected chi connectivity index (χ3v) is 17.3. The Kier molecular flexibility index (Phi) is 16.0. The van der Waals surface area contributed by atoms with Gasteiger partial charge < -0.3 is 79.7 Å². The Morgan fingerprint density at radius 3 is 2.16 bits per heavy atom. The number of carbonyl (C=O) groups is 2. The Morgan fingerprint density at radius 1 is 0.734 bits per heavy atom. The van der Waals surface area contributed by atoms with Crippen LogP contribution in [0.25, 0.3) is 0 Å². The van der Waals surface area contributed by atoms with Crippen LogP contribution in [0.4, 0.5) is 0 Å². The highest BCUT2D eigenvalue weighted by atomic mass is 16.8. The molecule has 368 valence electrons. The van der Waals surface area contributed by atoms with Gasteiger partial charge in [-0.15, -0.1) is 0 Å². The van der Waals surface area contributed by atoms with Gasteiger partial charge in [-0.1, -0.05) is 27.7 Å². The summed E-state index contributed by atoms with van der Waals surface area (Å²) in [5.41, 5.74) is -0.175. The molecule has 4 saturated carbocycles. The minimum absolute atomic E-state index is 0.0127. The van der Waals surface area contributed by atoms with Crippen LogP contribution in [0.1, 0.15) is 106 Å². The smallest absolute Gasteiger partial charge is 0.216 e. The summed E-state index contributed by atoms with van der Waals surface area (Å²) < 4.78 is 35.8. The molecule has 0 aromatic rings. The topological polar surface area (TPSA) is 284 Å². The quantitative estimate of drug-likeness (QED) is 0.102. The molecule has 10 N–H and O–H groups in total. The third-order valence-electron chi connectivity index (χ3n) is 17.3. The SMILES string of the molecule is CC(=O)NCC(C)CCC(=O)C(C)C1C(O)CC2C3CCC4CC(OC5OC(COC6OC(C)C(O)C(O)C6O)C(O)C(O)C5OC5OCC(O)C(O)C5O)CCC4(C)C3CCC21C. The number of rotatable bonds is 14. The van der Waals surface area contributed by atoms with Gasteiger partial charge in [0.25, 0.3) is 0 Å². The molecule has 7 aliphatic rings. The molecule has 0 spiro atoms. The molecule has 18 nitrogen and oxygen atoms in total. The molecule has 7 fully saturated rings. The van der Waals surface area contributed by atoms with Gasteiger partial charge in [-0.2, -0.15) is 0 Å². The lowest BCUT2D eigenvalue weighted by Crippen LogP contribution is -2.64. The van der Waals surface area contributed by atoms with E-state index in [-0.39, 0.29) is 58.9 Å². The summed E-state index contributed by atoms with van der Waals surface area (Å²) in [7, 11) is 0. The minimum Gasteiger partial charge on any atom is -0.393 e. The normalized spacial score (nSPS) is 50.4. The maximum atomic E-state index is 13.7. The fraction of sp³-hybridized carbons (Fsp3) is 0.957. The van der Waals surface area contributed by atoms with Gasteiger partial charge in [-0.3, -0.25) is 9.59 Å². The zero-order valence-corrected chi connectivity index (χ0v) is 38.3. The van der Waals surface area contributed by atoms with E-state index in [1.54, 1.807) is 0 Å². The van der Waals surface area contributed by atoms with Crippen molar-refractivity contribution in [3.05, 3.63) is 0 Å². The Bertz CT molecular complexity index is 1590. The number of ketones is 1. The summed E-state index contributed by atoms with van der Waals surface area (Å²) >= 11 is 0. The number of Topliss-reactive ketones (excluding diaryl/α,β-unsaturated/α-hetero) is 1. The number of aliphatic hydroxyl groups excluding tert-OH is 9. The molecular formula is C46H77NO17. The lowest BCUT2D eigenvalue weighted by atomic mass is 9.44. The molecule has 25 unspecified atom stereocenters. The molecule has 18 heteroatoms. The second-order valence-electron chi connectivity index (χ2n) is 21.3. The Labute approximate surface area is 376 Å². The molecule has 1 amide bonds. The van der Waals surface area contributed by atoms with Gasteiger partial charge in [-0.05, 0) is 111 Å². The molecule has 0 bridgehead atoms. The van der Waals surface area contributed by atoms with Crippen molar-refractivity contribution < 1.29 is 84.0 Å². The first-order valence-electron chi connectivity index (χ1n) is 23.9. The number of fused-ring (bicyclic) bond motifs is 5. The van der Waals surface area contributed by atoms with E-state index in [1.807, 2.05) is 13.8 Å². The van der Waals surface area contributed by atoms with Crippen LogP contribution in [0.3, 0.4) is 0 Å². The summed E-state index contributed by atoms with van der Waals surface area (Å²) in [4.78, 5) is 25.0. The lowest BCUT2D eigenvalue weighted by molar-refractivity contribution is -0.370. The van der Waals surface area contributed by atoms with E-state index in [0.29, 0.717) is 56.4 Å². The first-order valence-corrected chi connectivity index (χ1v) is 23.9. The highest BCUT2D eigenvalue weighted by Gasteiger charge is 2.64. The van der Waals surface area contributed by atoms with Crippen molar-refractivity contribution in [2.45, 2.75) is 204 Å². The van der Waals surface area contributed by atoms with Crippen molar-refractivity contribution >= 4 is 11.7 Å². The summed E-state index contributed by atoms with van der Waals surface area (Å²) in [5, 5.41) is 99.5. The first-order chi connectivity index (χ1) is 30.2. The zero-order valence-electron chi connectivity index (χ0n) is 38.3. The van der Waals surface area contributed by atoms with E-state index in [0.717, 1.165) is 32.1 Å². The molecule has 4 aliphatic carbocycles. The van der Waals surface area contributed by atoms with Gasteiger partial charge in [0.05, 0.1) is 31.5 Å². The molecule has 64 heavy (non-hydrogen) atoms. The number of hydrogen-bond acceptors (Lipinski definition) is 17. The largest absolute Gasteiger partial charge is 0.393 e. The molecule has 25 atom stereocenters. The molecule has 3 aliphatic heterocycles. The van der Waals surface area contributed by atoms with Crippen LogP contribution in [0.15, 0.2) is 0 Å². The van der Waals surface area contributed by atoms with Crippen molar-refractivity contribution in [2.24, 2.45) is 52.3 Å². The number of amides is 1. The molecule has 0 radical (unpaired) electrons. The van der Waals surface area contributed by atoms with E-state index in [4.69, 9.17) is 28.4 Å². The Balaban J connectivity index is 1.01. The Hall–Kier alpha value is -1.46. The fourth-order valence-corrected chi connectivity index (χ4v) is 13.4. The average molecular weight is 916 g/mol. The molecule has 3 saturated heterocycles. The van der Waals surface area contributed by atoms with E-state index in [2.05, 4.69) is 19.2 Å². The summed E-state index contributed by atoms with van der Waals surface area (Å²) in [6.07, 6.45) is -13.4.